The van der Waals surface area contributed by atoms with Gasteiger partial charge in [0.2, 0.25) is 0 Å². The van der Waals surface area contributed by atoms with Crippen LogP contribution in [0.15, 0.2) is 18.2 Å². The summed E-state index contributed by atoms with van der Waals surface area (Å²) in [7, 11) is 1.19. The zero-order chi connectivity index (χ0) is 15.1. The van der Waals surface area contributed by atoms with Crippen LogP contribution in [0.5, 0.6) is 0 Å². The molecule has 1 aromatic carbocycles. The number of carbonyl (C=O) groups is 3. The molecule has 0 bridgehead atoms. The number of aromatic carboxylic acids is 1. The topological polar surface area (TPSA) is 89.9 Å². The number of hydrogen-bond donors (Lipinski definition) is 1. The Morgan fingerprint density at radius 2 is 1.85 bits per heavy atom. The summed E-state index contributed by atoms with van der Waals surface area (Å²) in [6, 6.07) is 3.68. The molecule has 0 fully saturated rings. The minimum atomic E-state index is -1.31. The molecule has 0 amide bonds. The lowest BCUT2D eigenvalue weighted by Gasteiger charge is -2.08. The Bertz CT molecular complexity index is 520. The van der Waals surface area contributed by atoms with E-state index >= 15 is 0 Å². The van der Waals surface area contributed by atoms with Crippen molar-refractivity contribution in [2.75, 3.05) is 13.7 Å². The smallest absolute Gasteiger partial charge is 0.339 e. The summed E-state index contributed by atoms with van der Waals surface area (Å²) in [5.41, 5.74) is -0.300. The van der Waals surface area contributed by atoms with Gasteiger partial charge in [0.25, 0.3) is 0 Å². The number of esters is 2. The summed E-state index contributed by atoms with van der Waals surface area (Å²) in [6.45, 7) is 2.18. The molecule has 0 aliphatic rings. The van der Waals surface area contributed by atoms with Crippen molar-refractivity contribution < 1.29 is 29.0 Å². The highest BCUT2D eigenvalue weighted by Gasteiger charge is 2.20. The molecule has 20 heavy (non-hydrogen) atoms. The van der Waals surface area contributed by atoms with E-state index in [0.717, 1.165) is 12.5 Å². The van der Waals surface area contributed by atoms with E-state index in [4.69, 9.17) is 9.84 Å². The molecule has 0 spiro atoms. The third-order valence-corrected chi connectivity index (χ3v) is 2.62. The van der Waals surface area contributed by atoms with E-state index in [0.29, 0.717) is 6.42 Å². The van der Waals surface area contributed by atoms with Crippen LogP contribution in [0.4, 0.5) is 0 Å². The van der Waals surface area contributed by atoms with Crippen molar-refractivity contribution in [1.82, 2.24) is 0 Å². The van der Waals surface area contributed by atoms with E-state index in [-0.39, 0.29) is 23.3 Å². The number of carbonyl (C=O) groups excluding carboxylic acids is 2. The van der Waals surface area contributed by atoms with Gasteiger partial charge < -0.3 is 14.6 Å². The molecule has 0 atom stereocenters. The Hall–Kier alpha value is -2.37. The third-order valence-electron chi connectivity index (χ3n) is 2.62. The fraction of sp³-hybridized carbons (Fsp3) is 0.357. The minimum Gasteiger partial charge on any atom is -0.478 e. The van der Waals surface area contributed by atoms with Gasteiger partial charge in [0.15, 0.2) is 0 Å². The van der Waals surface area contributed by atoms with Crippen molar-refractivity contribution in [3.8, 4) is 0 Å². The van der Waals surface area contributed by atoms with Gasteiger partial charge in [0.05, 0.1) is 30.4 Å². The Morgan fingerprint density at radius 3 is 2.40 bits per heavy atom. The van der Waals surface area contributed by atoms with E-state index in [9.17, 15) is 14.4 Å². The molecule has 6 heteroatoms. The highest BCUT2D eigenvalue weighted by Crippen LogP contribution is 2.15. The van der Waals surface area contributed by atoms with E-state index in [1.54, 1.807) is 0 Å². The predicted octanol–water partition coefficient (Wildman–Crippen LogP) is 2.13. The van der Waals surface area contributed by atoms with Crippen LogP contribution in [0.1, 0.15) is 50.8 Å². The number of carboxylic acid groups (broad SMARTS) is 1. The van der Waals surface area contributed by atoms with Gasteiger partial charge in [0, 0.05) is 0 Å². The average Bonchev–Trinajstić information content (AvgIpc) is 2.45. The minimum absolute atomic E-state index is 0.0648. The van der Waals surface area contributed by atoms with Gasteiger partial charge in [0.1, 0.15) is 0 Å². The first-order chi connectivity index (χ1) is 9.51. The Balaban J connectivity index is 3.04. The number of benzene rings is 1. The zero-order valence-corrected chi connectivity index (χ0v) is 11.3. The van der Waals surface area contributed by atoms with Crippen LogP contribution in [0, 0.1) is 0 Å². The van der Waals surface area contributed by atoms with Gasteiger partial charge >= 0.3 is 17.9 Å². The summed E-state index contributed by atoms with van der Waals surface area (Å²) in [4.78, 5) is 34.3. The third kappa shape index (κ3) is 3.81. The van der Waals surface area contributed by atoms with Crippen LogP contribution < -0.4 is 0 Å². The summed E-state index contributed by atoms with van der Waals surface area (Å²) in [6.07, 6.45) is 1.56. The molecule has 1 N–H and O–H groups in total. The van der Waals surface area contributed by atoms with E-state index < -0.39 is 17.9 Å². The molecule has 0 aliphatic carbocycles. The van der Waals surface area contributed by atoms with Crippen LogP contribution in [-0.2, 0) is 9.47 Å². The zero-order valence-electron chi connectivity index (χ0n) is 11.3. The Labute approximate surface area is 116 Å². The van der Waals surface area contributed by atoms with Gasteiger partial charge in [-0.05, 0) is 24.6 Å². The molecule has 1 aromatic rings. The van der Waals surface area contributed by atoms with Gasteiger partial charge in [-0.25, -0.2) is 14.4 Å². The van der Waals surface area contributed by atoms with Crippen molar-refractivity contribution in [2.24, 2.45) is 0 Å². The van der Waals surface area contributed by atoms with Crippen LogP contribution in [0.2, 0.25) is 0 Å². The number of hydrogen-bond acceptors (Lipinski definition) is 5. The summed E-state index contributed by atoms with van der Waals surface area (Å²) in [5.74, 6) is -2.69. The van der Waals surface area contributed by atoms with Crippen molar-refractivity contribution in [2.45, 2.75) is 19.8 Å². The first-order valence-corrected chi connectivity index (χ1v) is 6.14. The molecule has 0 aliphatic heterocycles. The quantitative estimate of drug-likeness (QED) is 0.634. The highest BCUT2D eigenvalue weighted by atomic mass is 16.5. The number of ether oxygens (including phenoxy) is 2. The second-order valence-electron chi connectivity index (χ2n) is 4.05. The highest BCUT2D eigenvalue weighted by molar-refractivity contribution is 6.04. The largest absolute Gasteiger partial charge is 0.478 e. The molecule has 0 saturated carbocycles. The molecule has 0 radical (unpaired) electrons. The maximum Gasteiger partial charge on any atom is 0.339 e. The van der Waals surface area contributed by atoms with Crippen LogP contribution in [-0.4, -0.2) is 36.7 Å². The number of unbranched alkanes of at least 4 members (excludes halogenated alkanes) is 1. The fourth-order valence-electron chi connectivity index (χ4n) is 1.53. The molecule has 108 valence electrons. The molecule has 0 unspecified atom stereocenters. The summed E-state index contributed by atoms with van der Waals surface area (Å²) < 4.78 is 9.47. The van der Waals surface area contributed by atoms with Gasteiger partial charge in [-0.1, -0.05) is 13.3 Å². The van der Waals surface area contributed by atoms with Crippen LogP contribution in [0.3, 0.4) is 0 Å². The van der Waals surface area contributed by atoms with Gasteiger partial charge in [-0.2, -0.15) is 0 Å². The van der Waals surface area contributed by atoms with Crippen molar-refractivity contribution in [3.05, 3.63) is 34.9 Å². The summed E-state index contributed by atoms with van der Waals surface area (Å²) in [5, 5.41) is 9.11. The van der Waals surface area contributed by atoms with Crippen molar-refractivity contribution in [3.63, 3.8) is 0 Å². The second-order valence-corrected chi connectivity index (χ2v) is 4.05. The molecular weight excluding hydrogens is 264 g/mol. The first kappa shape index (κ1) is 15.7. The maximum absolute atomic E-state index is 11.8. The fourth-order valence-corrected chi connectivity index (χ4v) is 1.53. The number of rotatable bonds is 6. The molecule has 0 aromatic heterocycles. The number of carboxylic acids is 1. The molecule has 6 nitrogen and oxygen atoms in total. The molecule has 1 rings (SSSR count). The van der Waals surface area contributed by atoms with E-state index in [1.807, 2.05) is 6.92 Å². The van der Waals surface area contributed by atoms with E-state index in [2.05, 4.69) is 4.74 Å². The Morgan fingerprint density at radius 1 is 1.15 bits per heavy atom. The van der Waals surface area contributed by atoms with Gasteiger partial charge in [-0.15, -0.1) is 0 Å². The SMILES string of the molecule is CCCCOC(=O)c1ccc(C(=O)OC)cc1C(=O)O. The predicted molar refractivity (Wildman–Crippen MR) is 69.9 cm³/mol. The van der Waals surface area contributed by atoms with Crippen LogP contribution >= 0.6 is 0 Å². The van der Waals surface area contributed by atoms with Crippen LogP contribution in [0.25, 0.3) is 0 Å². The lowest BCUT2D eigenvalue weighted by atomic mass is 10.0. The lowest BCUT2D eigenvalue weighted by Crippen LogP contribution is -2.14. The summed E-state index contributed by atoms with van der Waals surface area (Å²) >= 11 is 0. The maximum atomic E-state index is 11.8. The lowest BCUT2D eigenvalue weighted by molar-refractivity contribution is 0.0487. The normalized spacial score (nSPS) is 9.90. The monoisotopic (exact) mass is 280 g/mol. The number of methoxy groups -OCH3 is 1. The van der Waals surface area contributed by atoms with Gasteiger partial charge in [-0.3, -0.25) is 0 Å². The first-order valence-electron chi connectivity index (χ1n) is 6.14. The standard InChI is InChI=1S/C14H16O6/c1-3-4-7-20-14(18)10-6-5-9(13(17)19-2)8-11(10)12(15)16/h5-6,8H,3-4,7H2,1-2H3,(H,15,16). The molecule has 0 saturated heterocycles. The molecule has 0 heterocycles. The van der Waals surface area contributed by atoms with Crippen molar-refractivity contribution in [1.29, 1.82) is 0 Å². The van der Waals surface area contributed by atoms with E-state index in [1.165, 1.54) is 19.2 Å². The van der Waals surface area contributed by atoms with Crippen molar-refractivity contribution >= 4 is 17.9 Å². The Kier molecular flexibility index (Phi) is 5.71. The average molecular weight is 280 g/mol. The second kappa shape index (κ2) is 7.28. The molecular formula is C14H16O6.